The van der Waals surface area contributed by atoms with E-state index in [1.807, 2.05) is 13.8 Å². The van der Waals surface area contributed by atoms with Crippen molar-refractivity contribution < 1.29 is 9.53 Å². The standard InChI is InChI=1S/C15H23NO2S/c1-9(2)8-18-14(17)12-10-7-15(3,4)6-5-11(10)19-13(12)16/h9H,5-8,16H2,1-4H3. The average molecular weight is 281 g/mol. The van der Waals surface area contributed by atoms with Crippen LogP contribution in [0.1, 0.15) is 54.9 Å². The molecule has 0 aliphatic heterocycles. The summed E-state index contributed by atoms with van der Waals surface area (Å²) in [5, 5.41) is 0.622. The van der Waals surface area contributed by atoms with Crippen LogP contribution in [-0.4, -0.2) is 12.6 Å². The summed E-state index contributed by atoms with van der Waals surface area (Å²) in [5.74, 6) is 0.0949. The van der Waals surface area contributed by atoms with E-state index < -0.39 is 0 Å². The Morgan fingerprint density at radius 1 is 1.47 bits per heavy atom. The van der Waals surface area contributed by atoms with Gasteiger partial charge in [-0.05, 0) is 36.2 Å². The minimum Gasteiger partial charge on any atom is -0.462 e. The summed E-state index contributed by atoms with van der Waals surface area (Å²) in [6.45, 7) is 9.00. The summed E-state index contributed by atoms with van der Waals surface area (Å²) in [5.41, 5.74) is 8.04. The number of rotatable bonds is 3. The third kappa shape index (κ3) is 3.11. The van der Waals surface area contributed by atoms with Gasteiger partial charge >= 0.3 is 5.97 Å². The summed E-state index contributed by atoms with van der Waals surface area (Å²) in [4.78, 5) is 13.5. The number of carbonyl (C=O) groups excluding carboxylic acids is 1. The molecule has 0 radical (unpaired) electrons. The third-order valence-corrected chi connectivity index (χ3v) is 4.67. The van der Waals surface area contributed by atoms with Gasteiger partial charge in [0.2, 0.25) is 0 Å². The molecule has 0 saturated carbocycles. The number of fused-ring (bicyclic) bond motifs is 1. The van der Waals surface area contributed by atoms with Crippen LogP contribution in [-0.2, 0) is 17.6 Å². The Morgan fingerprint density at radius 2 is 2.16 bits per heavy atom. The summed E-state index contributed by atoms with van der Waals surface area (Å²) >= 11 is 1.56. The number of hydrogen-bond donors (Lipinski definition) is 1. The lowest BCUT2D eigenvalue weighted by molar-refractivity contribution is 0.0458. The summed E-state index contributed by atoms with van der Waals surface area (Å²) < 4.78 is 5.35. The highest BCUT2D eigenvalue weighted by molar-refractivity contribution is 7.16. The minimum absolute atomic E-state index is 0.244. The van der Waals surface area contributed by atoms with Crippen LogP contribution in [0.2, 0.25) is 0 Å². The van der Waals surface area contributed by atoms with Crippen LogP contribution in [0.15, 0.2) is 0 Å². The van der Waals surface area contributed by atoms with E-state index in [0.717, 1.165) is 24.8 Å². The second-order valence-electron chi connectivity index (χ2n) is 6.58. The van der Waals surface area contributed by atoms with Crippen molar-refractivity contribution in [2.24, 2.45) is 11.3 Å². The first-order valence-electron chi connectivity index (χ1n) is 6.87. The van der Waals surface area contributed by atoms with Gasteiger partial charge in [-0.25, -0.2) is 4.79 Å². The van der Waals surface area contributed by atoms with Crippen LogP contribution in [0.3, 0.4) is 0 Å². The van der Waals surface area contributed by atoms with Gasteiger partial charge in [0.15, 0.2) is 0 Å². The molecule has 3 nitrogen and oxygen atoms in total. The average Bonchev–Trinajstić information content (AvgIpc) is 2.60. The van der Waals surface area contributed by atoms with E-state index in [-0.39, 0.29) is 11.4 Å². The number of esters is 1. The molecule has 2 rings (SSSR count). The van der Waals surface area contributed by atoms with Crippen molar-refractivity contribution in [3.63, 3.8) is 0 Å². The molecule has 1 aromatic heterocycles. The first kappa shape index (κ1) is 14.4. The van der Waals surface area contributed by atoms with E-state index in [1.165, 1.54) is 4.88 Å². The predicted molar refractivity (Wildman–Crippen MR) is 79.7 cm³/mol. The van der Waals surface area contributed by atoms with E-state index in [2.05, 4.69) is 13.8 Å². The maximum Gasteiger partial charge on any atom is 0.341 e. The lowest BCUT2D eigenvalue weighted by Crippen LogP contribution is -2.23. The Hall–Kier alpha value is -1.03. The molecule has 0 fully saturated rings. The van der Waals surface area contributed by atoms with Gasteiger partial charge in [-0.1, -0.05) is 27.7 Å². The zero-order valence-corrected chi connectivity index (χ0v) is 13.0. The molecule has 1 aliphatic carbocycles. The van der Waals surface area contributed by atoms with Crippen molar-refractivity contribution >= 4 is 22.3 Å². The fraction of sp³-hybridized carbons (Fsp3) is 0.667. The van der Waals surface area contributed by atoms with E-state index in [1.54, 1.807) is 11.3 Å². The molecular formula is C15H23NO2S. The van der Waals surface area contributed by atoms with Crippen LogP contribution in [0.5, 0.6) is 0 Å². The van der Waals surface area contributed by atoms with Gasteiger partial charge in [-0.3, -0.25) is 0 Å². The maximum atomic E-state index is 12.2. The Labute approximate surface area is 119 Å². The highest BCUT2D eigenvalue weighted by atomic mass is 32.1. The third-order valence-electron chi connectivity index (χ3n) is 3.55. The predicted octanol–water partition coefficient (Wildman–Crippen LogP) is 3.66. The Morgan fingerprint density at radius 3 is 2.79 bits per heavy atom. The molecule has 19 heavy (non-hydrogen) atoms. The van der Waals surface area contributed by atoms with Gasteiger partial charge in [-0.2, -0.15) is 0 Å². The first-order chi connectivity index (χ1) is 8.80. The number of anilines is 1. The summed E-state index contributed by atoms with van der Waals surface area (Å²) in [7, 11) is 0. The molecule has 0 amide bonds. The van der Waals surface area contributed by atoms with Gasteiger partial charge in [0.1, 0.15) is 5.00 Å². The number of hydrogen-bond acceptors (Lipinski definition) is 4. The fourth-order valence-electron chi connectivity index (χ4n) is 2.48. The van der Waals surface area contributed by atoms with Gasteiger partial charge < -0.3 is 10.5 Å². The monoisotopic (exact) mass is 281 g/mol. The topological polar surface area (TPSA) is 52.3 Å². The summed E-state index contributed by atoms with van der Waals surface area (Å²) in [6.07, 6.45) is 3.09. The van der Waals surface area contributed by atoms with Gasteiger partial charge in [0, 0.05) is 4.88 Å². The van der Waals surface area contributed by atoms with Gasteiger partial charge in [-0.15, -0.1) is 11.3 Å². The van der Waals surface area contributed by atoms with E-state index in [9.17, 15) is 4.79 Å². The molecule has 0 atom stereocenters. The minimum atomic E-state index is -0.249. The molecular weight excluding hydrogens is 258 g/mol. The molecule has 0 saturated heterocycles. The normalized spacial score (nSPS) is 17.3. The maximum absolute atomic E-state index is 12.2. The first-order valence-corrected chi connectivity index (χ1v) is 7.69. The Bertz CT molecular complexity index is 489. The van der Waals surface area contributed by atoms with Gasteiger partial charge in [0.25, 0.3) is 0 Å². The molecule has 1 aliphatic rings. The largest absolute Gasteiger partial charge is 0.462 e. The van der Waals surface area contributed by atoms with Crippen LogP contribution in [0.25, 0.3) is 0 Å². The second-order valence-corrected chi connectivity index (χ2v) is 7.71. The molecule has 0 unspecified atom stereocenters. The van der Waals surface area contributed by atoms with Crippen molar-refractivity contribution in [1.29, 1.82) is 0 Å². The molecule has 1 aromatic rings. The van der Waals surface area contributed by atoms with Crippen molar-refractivity contribution in [3.05, 3.63) is 16.0 Å². The SMILES string of the molecule is CC(C)COC(=O)c1c(N)sc2c1CC(C)(C)CC2. The number of nitrogens with two attached hydrogens (primary N) is 1. The van der Waals surface area contributed by atoms with E-state index in [0.29, 0.717) is 23.1 Å². The zero-order chi connectivity index (χ0) is 14.2. The highest BCUT2D eigenvalue weighted by Crippen LogP contribution is 2.42. The highest BCUT2D eigenvalue weighted by Gasteiger charge is 2.32. The van der Waals surface area contributed by atoms with Crippen molar-refractivity contribution in [2.75, 3.05) is 12.3 Å². The fourth-order valence-corrected chi connectivity index (χ4v) is 3.56. The second kappa shape index (κ2) is 5.16. The Balaban J connectivity index is 2.26. The molecule has 2 N–H and O–H groups in total. The van der Waals surface area contributed by atoms with Crippen molar-refractivity contribution in [3.8, 4) is 0 Å². The number of thiophene rings is 1. The molecule has 0 aromatic carbocycles. The van der Waals surface area contributed by atoms with Gasteiger partial charge in [0.05, 0.1) is 12.2 Å². The van der Waals surface area contributed by atoms with E-state index >= 15 is 0 Å². The zero-order valence-electron chi connectivity index (χ0n) is 12.2. The lowest BCUT2D eigenvalue weighted by Gasteiger charge is -2.29. The molecule has 1 heterocycles. The number of ether oxygens (including phenoxy) is 1. The van der Waals surface area contributed by atoms with Crippen LogP contribution < -0.4 is 5.73 Å². The summed E-state index contributed by atoms with van der Waals surface area (Å²) in [6, 6.07) is 0. The molecule has 0 bridgehead atoms. The smallest absolute Gasteiger partial charge is 0.341 e. The van der Waals surface area contributed by atoms with Crippen molar-refractivity contribution in [1.82, 2.24) is 0 Å². The van der Waals surface area contributed by atoms with Crippen LogP contribution in [0, 0.1) is 11.3 Å². The lowest BCUT2D eigenvalue weighted by atomic mass is 9.76. The Kier molecular flexibility index (Phi) is 3.90. The molecule has 4 heteroatoms. The number of aryl methyl sites for hydroxylation is 1. The molecule has 106 valence electrons. The van der Waals surface area contributed by atoms with Crippen LogP contribution >= 0.6 is 11.3 Å². The van der Waals surface area contributed by atoms with E-state index in [4.69, 9.17) is 10.5 Å². The number of nitrogen functional groups attached to an aromatic ring is 1. The quantitative estimate of drug-likeness (QED) is 0.860. The van der Waals surface area contributed by atoms with Crippen LogP contribution in [0.4, 0.5) is 5.00 Å². The molecule has 0 spiro atoms. The van der Waals surface area contributed by atoms with Crippen molar-refractivity contribution in [2.45, 2.75) is 47.0 Å². The number of carbonyl (C=O) groups is 1.